The maximum atomic E-state index is 3.83. The van der Waals surface area contributed by atoms with Crippen LogP contribution in [0.3, 0.4) is 0 Å². The Labute approximate surface area is 135 Å². The van der Waals surface area contributed by atoms with Crippen LogP contribution < -0.4 is 5.32 Å². The van der Waals surface area contributed by atoms with E-state index in [9.17, 15) is 0 Å². The van der Waals surface area contributed by atoms with Crippen molar-refractivity contribution in [3.05, 3.63) is 19.4 Å². The first-order valence-electron chi connectivity index (χ1n) is 6.54. The van der Waals surface area contributed by atoms with E-state index in [-0.39, 0.29) is 0 Å². The Morgan fingerprint density at radius 1 is 1.39 bits per heavy atom. The van der Waals surface area contributed by atoms with Crippen LogP contribution in [0.15, 0.2) is 6.07 Å². The Hall–Kier alpha value is 1.09. The van der Waals surface area contributed by atoms with Gasteiger partial charge in [-0.25, -0.2) is 0 Å². The van der Waals surface area contributed by atoms with Crippen molar-refractivity contribution in [3.63, 3.8) is 0 Å². The highest BCUT2D eigenvalue weighted by Gasteiger charge is 2.23. The number of fused-ring (bicyclic) bond motifs is 1. The van der Waals surface area contributed by atoms with Gasteiger partial charge in [0.05, 0.1) is 2.88 Å². The molecule has 5 heteroatoms. The molecule has 1 aromatic heterocycles. The molecule has 0 saturated carbocycles. The number of hydrogen-bond donors (Lipinski definition) is 1. The van der Waals surface area contributed by atoms with Crippen LogP contribution in [0, 0.1) is 2.88 Å². The zero-order valence-corrected chi connectivity index (χ0v) is 14.9. The second kappa shape index (κ2) is 6.70. The monoisotopic (exact) mass is 411 g/mol. The van der Waals surface area contributed by atoms with Gasteiger partial charge in [0.25, 0.3) is 0 Å². The lowest BCUT2D eigenvalue weighted by Crippen LogP contribution is -2.33. The topological polar surface area (TPSA) is 12.0 Å². The molecule has 1 aromatic rings. The van der Waals surface area contributed by atoms with Crippen molar-refractivity contribution in [1.29, 1.82) is 0 Å². The Balaban J connectivity index is 1.59. The SMILES string of the molecule is Ic1cc2c(s1)CCCC2NCC1CSCCS1. The van der Waals surface area contributed by atoms with Crippen LogP contribution in [0.1, 0.15) is 29.3 Å². The molecule has 18 heavy (non-hydrogen) atoms. The fourth-order valence-corrected chi connectivity index (χ4v) is 7.41. The zero-order valence-electron chi connectivity index (χ0n) is 10.3. The lowest BCUT2D eigenvalue weighted by molar-refractivity contribution is 0.467. The normalized spacial score (nSPS) is 28.1. The van der Waals surface area contributed by atoms with Crippen LogP contribution in [0.25, 0.3) is 0 Å². The molecule has 2 atom stereocenters. The largest absolute Gasteiger partial charge is 0.309 e. The number of aryl methyl sites for hydroxylation is 1. The molecule has 1 aliphatic heterocycles. The van der Waals surface area contributed by atoms with E-state index in [2.05, 4.69) is 57.5 Å². The molecule has 2 unspecified atom stereocenters. The summed E-state index contributed by atoms with van der Waals surface area (Å²) in [6, 6.07) is 3.03. The number of thioether (sulfide) groups is 2. The third kappa shape index (κ3) is 3.40. The molecule has 0 aromatic carbocycles. The second-order valence-electron chi connectivity index (χ2n) is 4.85. The first-order chi connectivity index (χ1) is 8.83. The van der Waals surface area contributed by atoms with E-state index in [0.717, 1.165) is 5.25 Å². The van der Waals surface area contributed by atoms with E-state index >= 15 is 0 Å². The second-order valence-corrected chi connectivity index (χ2v) is 10.4. The molecule has 100 valence electrons. The Morgan fingerprint density at radius 2 is 2.33 bits per heavy atom. The fourth-order valence-electron chi connectivity index (χ4n) is 2.66. The summed E-state index contributed by atoms with van der Waals surface area (Å²) < 4.78 is 1.45. The molecule has 3 rings (SSSR count). The molecule has 1 aliphatic carbocycles. The summed E-state index contributed by atoms with van der Waals surface area (Å²) in [7, 11) is 0. The Kier molecular flexibility index (Phi) is 5.22. The molecule has 2 heterocycles. The van der Waals surface area contributed by atoms with Gasteiger partial charge in [0.1, 0.15) is 0 Å². The van der Waals surface area contributed by atoms with E-state index in [1.807, 2.05) is 11.3 Å². The van der Waals surface area contributed by atoms with Gasteiger partial charge in [0, 0.05) is 40.0 Å². The molecule has 1 nitrogen and oxygen atoms in total. The van der Waals surface area contributed by atoms with E-state index in [1.54, 1.807) is 10.4 Å². The first-order valence-corrected chi connectivity index (χ1v) is 10.6. The van der Waals surface area contributed by atoms with Crippen molar-refractivity contribution in [2.24, 2.45) is 0 Å². The quantitative estimate of drug-likeness (QED) is 0.750. The Bertz CT molecular complexity index is 401. The summed E-state index contributed by atoms with van der Waals surface area (Å²) in [6.45, 7) is 1.19. The third-order valence-electron chi connectivity index (χ3n) is 3.56. The summed E-state index contributed by atoms with van der Waals surface area (Å²) in [5, 5.41) is 4.66. The maximum absolute atomic E-state index is 3.83. The molecule has 0 radical (unpaired) electrons. The Morgan fingerprint density at radius 3 is 3.17 bits per heavy atom. The maximum Gasteiger partial charge on any atom is 0.0659 e. The predicted molar refractivity (Wildman–Crippen MR) is 94.3 cm³/mol. The van der Waals surface area contributed by atoms with Crippen LogP contribution in [0.5, 0.6) is 0 Å². The minimum Gasteiger partial charge on any atom is -0.309 e. The zero-order chi connectivity index (χ0) is 12.4. The molecule has 1 fully saturated rings. The smallest absolute Gasteiger partial charge is 0.0659 e. The van der Waals surface area contributed by atoms with Gasteiger partial charge in [0.2, 0.25) is 0 Å². The van der Waals surface area contributed by atoms with Gasteiger partial charge in [-0.1, -0.05) is 0 Å². The summed E-state index contributed by atoms with van der Waals surface area (Å²) in [5.41, 5.74) is 1.60. The molecular weight excluding hydrogens is 393 g/mol. The molecular formula is C13H18INS3. The standard InChI is InChI=1S/C13H18INS3/c14-13-6-10-11(2-1-3-12(10)18-13)15-7-9-8-16-4-5-17-9/h6,9,11,15H,1-5,7-8H2. The van der Waals surface area contributed by atoms with Crippen molar-refractivity contribution in [3.8, 4) is 0 Å². The van der Waals surface area contributed by atoms with Crippen LogP contribution in [0.4, 0.5) is 0 Å². The van der Waals surface area contributed by atoms with E-state index in [4.69, 9.17) is 0 Å². The van der Waals surface area contributed by atoms with Crippen molar-refractivity contribution >= 4 is 57.5 Å². The summed E-state index contributed by atoms with van der Waals surface area (Å²) in [4.78, 5) is 1.63. The van der Waals surface area contributed by atoms with Gasteiger partial charge in [-0.05, 0) is 53.5 Å². The minimum atomic E-state index is 0.626. The number of halogens is 1. The van der Waals surface area contributed by atoms with Crippen LogP contribution in [-0.2, 0) is 6.42 Å². The van der Waals surface area contributed by atoms with Gasteiger partial charge in [0.15, 0.2) is 0 Å². The van der Waals surface area contributed by atoms with Crippen molar-refractivity contribution in [2.45, 2.75) is 30.6 Å². The summed E-state index contributed by atoms with van der Waals surface area (Å²) in [5.74, 6) is 4.01. The summed E-state index contributed by atoms with van der Waals surface area (Å²) in [6.07, 6.45) is 3.98. The van der Waals surface area contributed by atoms with E-state index in [1.165, 1.54) is 45.9 Å². The number of rotatable bonds is 3. The average Bonchev–Trinajstić information content (AvgIpc) is 2.78. The third-order valence-corrected chi connectivity index (χ3v) is 8.38. The molecule has 0 amide bonds. The highest BCUT2D eigenvalue weighted by Crippen LogP contribution is 2.36. The van der Waals surface area contributed by atoms with Gasteiger partial charge >= 0.3 is 0 Å². The number of hydrogen-bond acceptors (Lipinski definition) is 4. The van der Waals surface area contributed by atoms with Crippen molar-refractivity contribution in [1.82, 2.24) is 5.32 Å². The lowest BCUT2D eigenvalue weighted by Gasteiger charge is -2.27. The fraction of sp³-hybridized carbons (Fsp3) is 0.692. The molecule has 1 N–H and O–H groups in total. The molecule has 0 spiro atoms. The van der Waals surface area contributed by atoms with Crippen molar-refractivity contribution in [2.75, 3.05) is 23.8 Å². The first kappa shape index (κ1) is 14.0. The summed E-state index contributed by atoms with van der Waals surface area (Å²) >= 11 is 8.73. The van der Waals surface area contributed by atoms with E-state index in [0.29, 0.717) is 6.04 Å². The molecule has 0 bridgehead atoms. The predicted octanol–water partition coefficient (Wildman–Crippen LogP) is 4.17. The minimum absolute atomic E-state index is 0.626. The highest BCUT2D eigenvalue weighted by molar-refractivity contribution is 14.1. The van der Waals surface area contributed by atoms with Crippen LogP contribution in [-0.4, -0.2) is 29.1 Å². The van der Waals surface area contributed by atoms with Crippen LogP contribution >= 0.6 is 57.5 Å². The molecule has 1 saturated heterocycles. The number of thiophene rings is 1. The van der Waals surface area contributed by atoms with Gasteiger partial charge in [-0.3, -0.25) is 0 Å². The number of nitrogens with one attached hydrogen (secondary N) is 1. The van der Waals surface area contributed by atoms with E-state index < -0.39 is 0 Å². The van der Waals surface area contributed by atoms with Crippen molar-refractivity contribution < 1.29 is 0 Å². The van der Waals surface area contributed by atoms with Gasteiger partial charge in [-0.15, -0.1) is 11.3 Å². The molecule has 2 aliphatic rings. The average molecular weight is 411 g/mol. The highest BCUT2D eigenvalue weighted by atomic mass is 127. The lowest BCUT2D eigenvalue weighted by atomic mass is 9.94. The van der Waals surface area contributed by atoms with Crippen LogP contribution in [0.2, 0.25) is 0 Å². The van der Waals surface area contributed by atoms with Gasteiger partial charge < -0.3 is 5.32 Å². The van der Waals surface area contributed by atoms with Gasteiger partial charge in [-0.2, -0.15) is 23.5 Å².